The normalized spacial score (nSPS) is 12.0. The molecule has 0 saturated heterocycles. The first-order valence-electron chi connectivity index (χ1n) is 9.02. The third-order valence-corrected chi connectivity index (χ3v) is 4.71. The third-order valence-electron chi connectivity index (χ3n) is 4.71. The molecular formula is C20H26N6O. The summed E-state index contributed by atoms with van der Waals surface area (Å²) in [5, 5.41) is 11.4. The molecule has 0 saturated carbocycles. The molecule has 0 aliphatic heterocycles. The molecule has 0 amide bonds. The molecule has 7 heteroatoms. The van der Waals surface area contributed by atoms with E-state index in [1.54, 1.807) is 13.4 Å². The van der Waals surface area contributed by atoms with Crippen LogP contribution >= 0.6 is 0 Å². The average molecular weight is 366 g/mol. The Morgan fingerprint density at radius 3 is 2.33 bits per heavy atom. The van der Waals surface area contributed by atoms with Crippen molar-refractivity contribution in [2.24, 2.45) is 7.05 Å². The standard InChI is InChI=1S/C20H26N6O/c1-13(19-25-22-12-26(19)4)11-21-20-23-14(2)18(15(3)24-20)10-16-6-8-17(27-5)9-7-16/h6-9,12-13H,10-11H2,1-5H3,(H,21,23,24). The number of nitrogens with zero attached hydrogens (tertiary/aromatic N) is 5. The lowest BCUT2D eigenvalue weighted by Crippen LogP contribution is -2.16. The number of benzene rings is 1. The number of aryl methyl sites for hydroxylation is 3. The number of methoxy groups -OCH3 is 1. The van der Waals surface area contributed by atoms with Gasteiger partial charge in [0.25, 0.3) is 0 Å². The Morgan fingerprint density at radius 1 is 1.11 bits per heavy atom. The molecule has 0 fully saturated rings. The van der Waals surface area contributed by atoms with Crippen molar-refractivity contribution in [3.63, 3.8) is 0 Å². The summed E-state index contributed by atoms with van der Waals surface area (Å²) >= 11 is 0. The number of anilines is 1. The van der Waals surface area contributed by atoms with Gasteiger partial charge in [0.15, 0.2) is 0 Å². The monoisotopic (exact) mass is 366 g/mol. The van der Waals surface area contributed by atoms with Crippen LogP contribution in [0.5, 0.6) is 5.75 Å². The van der Waals surface area contributed by atoms with E-state index in [1.165, 1.54) is 5.56 Å². The lowest BCUT2D eigenvalue weighted by atomic mass is 10.0. The second-order valence-corrected chi connectivity index (χ2v) is 6.80. The SMILES string of the molecule is COc1ccc(Cc2c(C)nc(NCC(C)c3nncn3C)nc2C)cc1. The molecule has 7 nitrogen and oxygen atoms in total. The summed E-state index contributed by atoms with van der Waals surface area (Å²) in [7, 11) is 3.62. The van der Waals surface area contributed by atoms with Crippen molar-refractivity contribution < 1.29 is 4.74 Å². The van der Waals surface area contributed by atoms with Crippen molar-refractivity contribution >= 4 is 5.95 Å². The van der Waals surface area contributed by atoms with Gasteiger partial charge in [-0.15, -0.1) is 10.2 Å². The van der Waals surface area contributed by atoms with Gasteiger partial charge in [-0.2, -0.15) is 0 Å². The zero-order valence-corrected chi connectivity index (χ0v) is 16.5. The minimum Gasteiger partial charge on any atom is -0.497 e. The van der Waals surface area contributed by atoms with E-state index in [0.717, 1.165) is 34.9 Å². The summed E-state index contributed by atoms with van der Waals surface area (Å²) in [6.45, 7) is 6.87. The van der Waals surface area contributed by atoms with E-state index in [1.807, 2.05) is 37.6 Å². The van der Waals surface area contributed by atoms with E-state index in [-0.39, 0.29) is 5.92 Å². The molecule has 0 aliphatic carbocycles. The van der Waals surface area contributed by atoms with Gasteiger partial charge in [0.1, 0.15) is 17.9 Å². The summed E-state index contributed by atoms with van der Waals surface area (Å²) in [6.07, 6.45) is 2.52. The fraction of sp³-hybridized carbons (Fsp3) is 0.400. The largest absolute Gasteiger partial charge is 0.497 e. The predicted molar refractivity (Wildman–Crippen MR) is 105 cm³/mol. The van der Waals surface area contributed by atoms with Crippen LogP contribution in [0.15, 0.2) is 30.6 Å². The maximum atomic E-state index is 5.22. The van der Waals surface area contributed by atoms with Gasteiger partial charge in [-0.1, -0.05) is 19.1 Å². The highest BCUT2D eigenvalue weighted by Gasteiger charge is 2.13. The molecule has 2 aromatic heterocycles. The van der Waals surface area contributed by atoms with E-state index >= 15 is 0 Å². The van der Waals surface area contributed by atoms with Crippen molar-refractivity contribution in [1.29, 1.82) is 0 Å². The van der Waals surface area contributed by atoms with Crippen LogP contribution in [0.1, 0.15) is 41.2 Å². The molecule has 0 bridgehead atoms. The summed E-state index contributed by atoms with van der Waals surface area (Å²) in [5.41, 5.74) is 4.36. The van der Waals surface area contributed by atoms with E-state index < -0.39 is 0 Å². The Bertz CT molecular complexity index is 880. The van der Waals surface area contributed by atoms with Crippen LogP contribution < -0.4 is 10.1 Å². The van der Waals surface area contributed by atoms with Crippen LogP contribution in [-0.2, 0) is 13.5 Å². The van der Waals surface area contributed by atoms with Crippen LogP contribution in [0.4, 0.5) is 5.95 Å². The first kappa shape index (κ1) is 18.8. The highest BCUT2D eigenvalue weighted by Crippen LogP contribution is 2.20. The maximum absolute atomic E-state index is 5.22. The number of ether oxygens (including phenoxy) is 1. The summed E-state index contributed by atoms with van der Waals surface area (Å²) in [4.78, 5) is 9.30. The van der Waals surface area contributed by atoms with Crippen LogP contribution in [0.2, 0.25) is 0 Å². The molecule has 2 heterocycles. The fourth-order valence-electron chi connectivity index (χ4n) is 3.10. The average Bonchev–Trinajstić information content (AvgIpc) is 3.09. The summed E-state index contributed by atoms with van der Waals surface area (Å²) in [6, 6.07) is 8.11. The van der Waals surface area contributed by atoms with Crippen molar-refractivity contribution in [3.05, 3.63) is 58.9 Å². The molecule has 1 unspecified atom stereocenters. The van der Waals surface area contributed by atoms with Gasteiger partial charge in [0.2, 0.25) is 5.95 Å². The lowest BCUT2D eigenvalue weighted by molar-refractivity contribution is 0.414. The molecule has 27 heavy (non-hydrogen) atoms. The minimum absolute atomic E-state index is 0.209. The van der Waals surface area contributed by atoms with Gasteiger partial charge in [0.05, 0.1) is 7.11 Å². The first-order chi connectivity index (χ1) is 13.0. The number of hydrogen-bond acceptors (Lipinski definition) is 6. The molecule has 3 rings (SSSR count). The highest BCUT2D eigenvalue weighted by molar-refractivity contribution is 5.38. The van der Waals surface area contributed by atoms with E-state index in [0.29, 0.717) is 12.5 Å². The molecule has 0 spiro atoms. The van der Waals surface area contributed by atoms with E-state index in [2.05, 4.69) is 44.5 Å². The molecule has 3 aromatic rings. The fourth-order valence-corrected chi connectivity index (χ4v) is 3.10. The molecular weight excluding hydrogens is 340 g/mol. The maximum Gasteiger partial charge on any atom is 0.223 e. The van der Waals surface area contributed by atoms with Crippen LogP contribution in [0.3, 0.4) is 0 Å². The van der Waals surface area contributed by atoms with E-state index in [9.17, 15) is 0 Å². The zero-order valence-electron chi connectivity index (χ0n) is 16.5. The third kappa shape index (κ3) is 4.42. The summed E-state index contributed by atoms with van der Waals surface area (Å²) in [5.74, 6) is 2.66. The summed E-state index contributed by atoms with van der Waals surface area (Å²) < 4.78 is 7.15. The molecule has 142 valence electrons. The van der Waals surface area contributed by atoms with Crippen LogP contribution in [-0.4, -0.2) is 38.4 Å². The second-order valence-electron chi connectivity index (χ2n) is 6.80. The second kappa shape index (κ2) is 8.16. The Labute approximate surface area is 159 Å². The van der Waals surface area contributed by atoms with Crippen molar-refractivity contribution in [2.75, 3.05) is 19.0 Å². The molecule has 0 radical (unpaired) electrons. The number of aromatic nitrogens is 5. The van der Waals surface area contributed by atoms with Gasteiger partial charge in [0, 0.05) is 37.3 Å². The Balaban J connectivity index is 1.69. The molecule has 1 N–H and O–H groups in total. The number of nitrogens with one attached hydrogen (secondary N) is 1. The van der Waals surface area contributed by atoms with Crippen LogP contribution in [0, 0.1) is 13.8 Å². The van der Waals surface area contributed by atoms with Gasteiger partial charge in [-0.05, 0) is 37.1 Å². The minimum atomic E-state index is 0.209. The Hall–Kier alpha value is -2.96. The van der Waals surface area contributed by atoms with Gasteiger partial charge < -0.3 is 14.6 Å². The smallest absolute Gasteiger partial charge is 0.223 e. The molecule has 1 atom stereocenters. The molecule has 1 aromatic carbocycles. The predicted octanol–water partition coefficient (Wildman–Crippen LogP) is 3.04. The van der Waals surface area contributed by atoms with Gasteiger partial charge in [-0.3, -0.25) is 0 Å². The zero-order chi connectivity index (χ0) is 19.4. The topological polar surface area (TPSA) is 77.8 Å². The van der Waals surface area contributed by atoms with Crippen molar-refractivity contribution in [3.8, 4) is 5.75 Å². The van der Waals surface area contributed by atoms with Crippen LogP contribution in [0.25, 0.3) is 0 Å². The van der Waals surface area contributed by atoms with E-state index in [4.69, 9.17) is 4.74 Å². The highest BCUT2D eigenvalue weighted by atomic mass is 16.5. The van der Waals surface area contributed by atoms with Gasteiger partial charge in [-0.25, -0.2) is 9.97 Å². The molecule has 0 aliphatic rings. The van der Waals surface area contributed by atoms with Crippen molar-refractivity contribution in [1.82, 2.24) is 24.7 Å². The quantitative estimate of drug-likeness (QED) is 0.692. The lowest BCUT2D eigenvalue weighted by Gasteiger charge is -2.15. The number of rotatable bonds is 7. The van der Waals surface area contributed by atoms with Gasteiger partial charge >= 0.3 is 0 Å². The number of hydrogen-bond donors (Lipinski definition) is 1. The first-order valence-corrected chi connectivity index (χ1v) is 9.02. The Morgan fingerprint density at radius 2 is 1.78 bits per heavy atom. The Kier molecular flexibility index (Phi) is 5.69. The van der Waals surface area contributed by atoms with Crippen molar-refractivity contribution in [2.45, 2.75) is 33.1 Å².